The van der Waals surface area contributed by atoms with E-state index < -0.39 is 5.41 Å². The molecule has 11 aromatic rings. The summed E-state index contributed by atoms with van der Waals surface area (Å²) in [6, 6.07) is 80.5. The van der Waals surface area contributed by atoms with Crippen LogP contribution < -0.4 is 0 Å². The molecule has 0 unspecified atom stereocenters. The van der Waals surface area contributed by atoms with Crippen LogP contribution in [-0.4, -0.2) is 15.0 Å². The van der Waals surface area contributed by atoms with E-state index in [9.17, 15) is 0 Å². The van der Waals surface area contributed by atoms with E-state index in [-0.39, 0.29) is 0 Å². The van der Waals surface area contributed by atoms with Crippen LogP contribution in [0.2, 0.25) is 0 Å². The molecule has 0 saturated carbocycles. The Bertz CT molecular complexity index is 3410. The summed E-state index contributed by atoms with van der Waals surface area (Å²) in [4.78, 5) is 15.6. The quantitative estimate of drug-likeness (QED) is 0.158. The first kappa shape index (κ1) is 35.0. The number of pyridine rings is 1. The van der Waals surface area contributed by atoms with Crippen LogP contribution in [0.25, 0.3) is 88.7 Å². The van der Waals surface area contributed by atoms with Crippen molar-refractivity contribution in [1.82, 2.24) is 15.0 Å². The lowest BCUT2D eigenvalue weighted by Crippen LogP contribution is -2.28. The monoisotopic (exact) mass is 775 g/mol. The Hall–Kier alpha value is -8.01. The van der Waals surface area contributed by atoms with Gasteiger partial charge >= 0.3 is 0 Å². The fraction of sp³-hybridized carbons (Fsp3) is 0.0172. The van der Waals surface area contributed by atoms with E-state index in [4.69, 9.17) is 15.0 Å². The van der Waals surface area contributed by atoms with E-state index >= 15 is 0 Å². The summed E-state index contributed by atoms with van der Waals surface area (Å²) >= 11 is 0. The number of aromatic nitrogens is 3. The number of para-hydroxylation sites is 2. The average Bonchev–Trinajstić information content (AvgIpc) is 3.63. The Labute approximate surface area is 354 Å². The average molecular weight is 776 g/mol. The van der Waals surface area contributed by atoms with Gasteiger partial charge in [-0.15, -0.1) is 0 Å². The smallest absolute Gasteiger partial charge is 0.160 e. The van der Waals surface area contributed by atoms with Gasteiger partial charge in [-0.05, 0) is 80.2 Å². The molecule has 0 spiro atoms. The van der Waals surface area contributed by atoms with Crippen LogP contribution in [0.3, 0.4) is 0 Å². The molecule has 3 nitrogen and oxygen atoms in total. The van der Waals surface area contributed by atoms with Crippen molar-refractivity contribution in [3.05, 3.63) is 247 Å². The minimum atomic E-state index is -0.486. The van der Waals surface area contributed by atoms with Crippen molar-refractivity contribution < 1.29 is 0 Å². The van der Waals surface area contributed by atoms with E-state index in [1.165, 1.54) is 38.8 Å². The Morgan fingerprint density at radius 1 is 0.279 bits per heavy atom. The fourth-order valence-corrected chi connectivity index (χ4v) is 9.79. The summed E-state index contributed by atoms with van der Waals surface area (Å²) in [5.74, 6) is 0.711. The predicted octanol–water partition coefficient (Wildman–Crippen LogP) is 14.4. The summed E-state index contributed by atoms with van der Waals surface area (Å²) < 4.78 is 0. The lowest BCUT2D eigenvalue weighted by atomic mass is 9.67. The largest absolute Gasteiger partial charge is 0.247 e. The third kappa shape index (κ3) is 5.55. The van der Waals surface area contributed by atoms with Crippen LogP contribution in [0.15, 0.2) is 224 Å². The lowest BCUT2D eigenvalue weighted by molar-refractivity contribution is 0.769. The number of benzene rings is 9. The summed E-state index contributed by atoms with van der Waals surface area (Å²) in [6.45, 7) is 0. The molecule has 61 heavy (non-hydrogen) atoms. The minimum Gasteiger partial charge on any atom is -0.247 e. The van der Waals surface area contributed by atoms with E-state index in [1.807, 2.05) is 18.2 Å². The van der Waals surface area contributed by atoms with Crippen LogP contribution in [0.1, 0.15) is 22.3 Å². The maximum atomic E-state index is 5.44. The molecule has 284 valence electrons. The van der Waals surface area contributed by atoms with E-state index in [2.05, 4.69) is 206 Å². The zero-order valence-corrected chi connectivity index (χ0v) is 33.2. The highest BCUT2D eigenvalue weighted by atomic mass is 14.9. The summed E-state index contributed by atoms with van der Waals surface area (Å²) in [5, 5.41) is 4.53. The predicted molar refractivity (Wildman–Crippen MR) is 251 cm³/mol. The number of rotatable bonds is 6. The van der Waals surface area contributed by atoms with Gasteiger partial charge in [-0.3, -0.25) is 0 Å². The molecule has 1 aliphatic rings. The van der Waals surface area contributed by atoms with E-state index in [1.54, 1.807) is 0 Å². The molecule has 0 fully saturated rings. The molecule has 2 heterocycles. The number of hydrogen-bond acceptors (Lipinski definition) is 3. The van der Waals surface area contributed by atoms with Crippen molar-refractivity contribution in [2.45, 2.75) is 5.41 Å². The van der Waals surface area contributed by atoms with Gasteiger partial charge < -0.3 is 0 Å². The highest BCUT2D eigenvalue weighted by Crippen LogP contribution is 2.57. The molecular formula is C58H37N3. The van der Waals surface area contributed by atoms with Crippen LogP contribution in [0, 0.1) is 0 Å². The molecule has 0 N–H and O–H groups in total. The number of fused-ring (bicyclic) bond motifs is 7. The minimum absolute atomic E-state index is 0.486. The van der Waals surface area contributed by atoms with Crippen molar-refractivity contribution in [3.63, 3.8) is 0 Å². The zero-order valence-electron chi connectivity index (χ0n) is 33.2. The number of hydrogen-bond donors (Lipinski definition) is 0. The Balaban J connectivity index is 1.01. The molecule has 9 aromatic carbocycles. The molecule has 0 amide bonds. The molecule has 0 saturated heterocycles. The molecular weight excluding hydrogens is 739 g/mol. The third-order valence-electron chi connectivity index (χ3n) is 12.5. The second-order valence-corrected chi connectivity index (χ2v) is 15.9. The van der Waals surface area contributed by atoms with Crippen molar-refractivity contribution in [2.24, 2.45) is 0 Å². The van der Waals surface area contributed by atoms with Gasteiger partial charge in [0.05, 0.1) is 27.8 Å². The standard InChI is InChI=1S/C58H37N3/c1-4-17-39(18-5-1)55-47-27-12-15-30-54(47)60-57(61-55)40-33-31-38(32-34-40)41-19-16-20-42(35-41)56-50-36-49-45-25-10-13-28-51(45)58(43-21-6-2-7-22-43,44-23-8-3-9-24-44)52(49)37-48(50)46-26-11-14-29-53(46)59-56/h1-37H. The first-order valence-electron chi connectivity index (χ1n) is 20.9. The Kier molecular flexibility index (Phi) is 8.07. The van der Waals surface area contributed by atoms with Gasteiger partial charge in [-0.1, -0.05) is 194 Å². The van der Waals surface area contributed by atoms with Gasteiger partial charge in [0.15, 0.2) is 5.82 Å². The van der Waals surface area contributed by atoms with Crippen molar-refractivity contribution in [3.8, 4) is 56.2 Å². The number of nitrogens with zero attached hydrogens (tertiary/aromatic N) is 3. The second kappa shape index (κ2) is 14.1. The van der Waals surface area contributed by atoms with Crippen molar-refractivity contribution >= 4 is 32.6 Å². The molecule has 0 atom stereocenters. The highest BCUT2D eigenvalue weighted by molar-refractivity contribution is 6.13. The SMILES string of the molecule is c1ccc(-c2nc(-c3ccc(-c4cccc(-c5nc6ccccc6c6cc7c(cc56)-c5ccccc5C7(c5ccccc5)c5ccccc5)c4)cc3)nc3ccccc23)cc1. The molecule has 1 aliphatic carbocycles. The van der Waals surface area contributed by atoms with Crippen LogP contribution >= 0.6 is 0 Å². The van der Waals surface area contributed by atoms with Crippen molar-refractivity contribution in [2.75, 3.05) is 0 Å². The molecule has 3 heteroatoms. The summed E-state index contributed by atoms with van der Waals surface area (Å²) in [5.41, 5.74) is 16.3. The van der Waals surface area contributed by atoms with E-state index in [0.29, 0.717) is 5.82 Å². The molecule has 2 aromatic heterocycles. The molecule has 0 bridgehead atoms. The van der Waals surface area contributed by atoms with Gasteiger partial charge in [0.25, 0.3) is 0 Å². The van der Waals surface area contributed by atoms with Gasteiger partial charge in [0.2, 0.25) is 0 Å². The van der Waals surface area contributed by atoms with Gasteiger partial charge in [0.1, 0.15) is 0 Å². The van der Waals surface area contributed by atoms with Crippen LogP contribution in [-0.2, 0) is 5.41 Å². The highest BCUT2D eigenvalue weighted by Gasteiger charge is 2.46. The van der Waals surface area contributed by atoms with Gasteiger partial charge in [-0.2, -0.15) is 0 Å². The summed E-state index contributed by atoms with van der Waals surface area (Å²) in [7, 11) is 0. The third-order valence-corrected chi connectivity index (χ3v) is 12.5. The van der Waals surface area contributed by atoms with Gasteiger partial charge in [-0.25, -0.2) is 15.0 Å². The first-order valence-corrected chi connectivity index (χ1v) is 20.9. The maximum absolute atomic E-state index is 5.44. The summed E-state index contributed by atoms with van der Waals surface area (Å²) in [6.07, 6.45) is 0. The zero-order chi connectivity index (χ0) is 40.3. The van der Waals surface area contributed by atoms with Crippen molar-refractivity contribution in [1.29, 1.82) is 0 Å². The Morgan fingerprint density at radius 2 is 0.836 bits per heavy atom. The van der Waals surface area contributed by atoms with Gasteiger partial charge in [0, 0.05) is 32.8 Å². The first-order chi connectivity index (χ1) is 30.2. The van der Waals surface area contributed by atoms with Crippen LogP contribution in [0.4, 0.5) is 0 Å². The van der Waals surface area contributed by atoms with E-state index in [0.717, 1.165) is 66.4 Å². The topological polar surface area (TPSA) is 38.7 Å². The Morgan fingerprint density at radius 3 is 1.57 bits per heavy atom. The van der Waals surface area contributed by atoms with Crippen LogP contribution in [0.5, 0.6) is 0 Å². The molecule has 0 radical (unpaired) electrons. The second-order valence-electron chi connectivity index (χ2n) is 15.9. The molecule has 0 aliphatic heterocycles. The fourth-order valence-electron chi connectivity index (χ4n) is 9.79. The lowest BCUT2D eigenvalue weighted by Gasteiger charge is -2.34. The maximum Gasteiger partial charge on any atom is 0.160 e. The normalized spacial score (nSPS) is 12.7. The molecule has 12 rings (SSSR count).